The van der Waals surface area contributed by atoms with Crippen LogP contribution >= 0.6 is 0 Å². The fourth-order valence-corrected chi connectivity index (χ4v) is 1.61. The minimum absolute atomic E-state index is 0.0209. The Hall–Kier alpha value is -2.04. The second kappa shape index (κ2) is 5.73. The van der Waals surface area contributed by atoms with Crippen molar-refractivity contribution in [2.75, 3.05) is 5.32 Å². The molecular formula is C14H18N2O3. The van der Waals surface area contributed by atoms with Crippen LogP contribution in [-0.2, 0) is 4.79 Å². The summed E-state index contributed by atoms with van der Waals surface area (Å²) in [5.74, 6) is 0.569. The molecule has 5 heteroatoms. The van der Waals surface area contributed by atoms with Crippen molar-refractivity contribution in [3.05, 3.63) is 24.3 Å². The van der Waals surface area contributed by atoms with Gasteiger partial charge in [-0.15, -0.1) is 0 Å². The van der Waals surface area contributed by atoms with Crippen LogP contribution < -0.4 is 15.4 Å². The third-order valence-electron chi connectivity index (χ3n) is 2.67. The molecule has 0 aromatic heterocycles. The third-order valence-corrected chi connectivity index (χ3v) is 2.67. The van der Waals surface area contributed by atoms with Crippen LogP contribution in [0.15, 0.2) is 24.3 Å². The molecule has 1 aromatic carbocycles. The van der Waals surface area contributed by atoms with Crippen molar-refractivity contribution in [2.45, 2.75) is 32.8 Å². The van der Waals surface area contributed by atoms with E-state index in [-0.39, 0.29) is 17.9 Å². The van der Waals surface area contributed by atoms with E-state index in [2.05, 4.69) is 10.6 Å². The van der Waals surface area contributed by atoms with Gasteiger partial charge in [0.25, 0.3) is 0 Å². The summed E-state index contributed by atoms with van der Waals surface area (Å²) in [4.78, 5) is 22.9. The maximum atomic E-state index is 11.5. The molecule has 0 aliphatic heterocycles. The number of ether oxygens (including phenoxy) is 1. The van der Waals surface area contributed by atoms with Gasteiger partial charge in [-0.2, -0.15) is 0 Å². The molecular weight excluding hydrogens is 244 g/mol. The molecule has 0 unspecified atom stereocenters. The summed E-state index contributed by atoms with van der Waals surface area (Å²) in [7, 11) is 0. The Morgan fingerprint density at radius 1 is 1.21 bits per heavy atom. The van der Waals surface area contributed by atoms with Crippen LogP contribution in [0, 0.1) is 5.92 Å². The van der Waals surface area contributed by atoms with Gasteiger partial charge in [0.2, 0.25) is 5.91 Å². The quantitative estimate of drug-likeness (QED) is 0.876. The number of hydrogen-bond donors (Lipinski definition) is 2. The van der Waals surface area contributed by atoms with Gasteiger partial charge in [-0.05, 0) is 51.0 Å². The summed E-state index contributed by atoms with van der Waals surface area (Å²) in [6.45, 7) is 3.90. The highest BCUT2D eigenvalue weighted by molar-refractivity contribution is 6.02. The number of benzene rings is 1. The largest absolute Gasteiger partial charge is 0.491 e. The molecule has 3 amide bonds. The molecule has 2 N–H and O–H groups in total. The molecule has 0 spiro atoms. The average molecular weight is 262 g/mol. The number of urea groups is 1. The molecule has 0 saturated heterocycles. The molecule has 1 aromatic rings. The SMILES string of the molecule is CC(C)Oc1ccc(NC(=O)NC(=O)C2CC2)cc1. The van der Waals surface area contributed by atoms with Gasteiger partial charge in [-0.3, -0.25) is 10.1 Å². The van der Waals surface area contributed by atoms with Crippen LogP contribution in [0.3, 0.4) is 0 Å². The second-order valence-electron chi connectivity index (χ2n) is 4.91. The van der Waals surface area contributed by atoms with Gasteiger partial charge in [-0.1, -0.05) is 0 Å². The van der Waals surface area contributed by atoms with E-state index >= 15 is 0 Å². The van der Waals surface area contributed by atoms with Crippen molar-refractivity contribution < 1.29 is 14.3 Å². The Morgan fingerprint density at radius 2 is 1.84 bits per heavy atom. The minimum Gasteiger partial charge on any atom is -0.491 e. The molecule has 102 valence electrons. The zero-order valence-corrected chi connectivity index (χ0v) is 11.1. The summed E-state index contributed by atoms with van der Waals surface area (Å²) in [6.07, 6.45) is 1.86. The minimum atomic E-state index is -0.491. The van der Waals surface area contributed by atoms with Crippen molar-refractivity contribution in [3.8, 4) is 5.75 Å². The summed E-state index contributed by atoms with van der Waals surface area (Å²) in [5.41, 5.74) is 0.622. The van der Waals surface area contributed by atoms with E-state index in [1.807, 2.05) is 13.8 Å². The lowest BCUT2D eigenvalue weighted by Gasteiger charge is -2.10. The van der Waals surface area contributed by atoms with Crippen LogP contribution in [0.1, 0.15) is 26.7 Å². The first-order valence-corrected chi connectivity index (χ1v) is 6.43. The third kappa shape index (κ3) is 4.28. The normalized spacial score (nSPS) is 14.1. The van der Waals surface area contributed by atoms with Crippen molar-refractivity contribution in [3.63, 3.8) is 0 Å². The molecule has 19 heavy (non-hydrogen) atoms. The zero-order valence-electron chi connectivity index (χ0n) is 11.1. The van der Waals surface area contributed by atoms with Crippen LogP contribution in [0.2, 0.25) is 0 Å². The summed E-state index contributed by atoms with van der Waals surface area (Å²) in [5, 5.41) is 4.93. The van der Waals surface area contributed by atoms with Crippen LogP contribution in [0.25, 0.3) is 0 Å². The number of rotatable bonds is 4. The molecule has 2 rings (SSSR count). The predicted molar refractivity (Wildman–Crippen MR) is 72.1 cm³/mol. The lowest BCUT2D eigenvalue weighted by molar-refractivity contribution is -0.121. The first kappa shape index (κ1) is 13.4. The number of hydrogen-bond acceptors (Lipinski definition) is 3. The fourth-order valence-electron chi connectivity index (χ4n) is 1.61. The van der Waals surface area contributed by atoms with E-state index in [9.17, 15) is 9.59 Å². The monoisotopic (exact) mass is 262 g/mol. The van der Waals surface area contributed by atoms with E-state index in [0.717, 1.165) is 18.6 Å². The number of carbonyl (C=O) groups excluding carboxylic acids is 2. The van der Waals surface area contributed by atoms with E-state index < -0.39 is 6.03 Å². The number of carbonyl (C=O) groups is 2. The van der Waals surface area contributed by atoms with Crippen molar-refractivity contribution >= 4 is 17.6 Å². The van der Waals surface area contributed by atoms with Gasteiger partial charge >= 0.3 is 6.03 Å². The van der Waals surface area contributed by atoms with Crippen LogP contribution in [-0.4, -0.2) is 18.0 Å². The highest BCUT2D eigenvalue weighted by atomic mass is 16.5. The second-order valence-corrected chi connectivity index (χ2v) is 4.91. The Bertz CT molecular complexity index is 464. The number of imide groups is 1. The Morgan fingerprint density at radius 3 is 2.37 bits per heavy atom. The molecule has 1 fully saturated rings. The number of anilines is 1. The molecule has 1 aliphatic carbocycles. The van der Waals surface area contributed by atoms with Gasteiger partial charge in [-0.25, -0.2) is 4.79 Å². The van der Waals surface area contributed by atoms with Gasteiger partial charge in [0.15, 0.2) is 0 Å². The fraction of sp³-hybridized carbons (Fsp3) is 0.429. The number of amides is 3. The smallest absolute Gasteiger partial charge is 0.325 e. The maximum Gasteiger partial charge on any atom is 0.325 e. The first-order valence-electron chi connectivity index (χ1n) is 6.43. The summed E-state index contributed by atoms with van der Waals surface area (Å²) < 4.78 is 5.50. The maximum absolute atomic E-state index is 11.5. The number of nitrogens with one attached hydrogen (secondary N) is 2. The van der Waals surface area contributed by atoms with E-state index in [1.54, 1.807) is 24.3 Å². The van der Waals surface area contributed by atoms with Gasteiger partial charge in [0, 0.05) is 11.6 Å². The lowest BCUT2D eigenvalue weighted by atomic mass is 10.3. The molecule has 0 atom stereocenters. The topological polar surface area (TPSA) is 67.4 Å². The van der Waals surface area contributed by atoms with Crippen LogP contribution in [0.5, 0.6) is 5.75 Å². The molecule has 5 nitrogen and oxygen atoms in total. The zero-order chi connectivity index (χ0) is 13.8. The average Bonchev–Trinajstić information content (AvgIpc) is 3.14. The molecule has 0 heterocycles. The lowest BCUT2D eigenvalue weighted by Crippen LogP contribution is -2.35. The molecule has 0 bridgehead atoms. The Balaban J connectivity index is 1.84. The highest BCUT2D eigenvalue weighted by Crippen LogP contribution is 2.28. The summed E-state index contributed by atoms with van der Waals surface area (Å²) >= 11 is 0. The molecule has 1 saturated carbocycles. The van der Waals surface area contributed by atoms with Crippen molar-refractivity contribution in [1.29, 1.82) is 0 Å². The molecule has 1 aliphatic rings. The van der Waals surface area contributed by atoms with Gasteiger partial charge in [0.05, 0.1) is 6.10 Å². The van der Waals surface area contributed by atoms with Gasteiger partial charge in [0.1, 0.15) is 5.75 Å². The van der Waals surface area contributed by atoms with E-state index in [1.165, 1.54) is 0 Å². The van der Waals surface area contributed by atoms with Gasteiger partial charge < -0.3 is 10.1 Å². The van der Waals surface area contributed by atoms with Crippen molar-refractivity contribution in [2.24, 2.45) is 5.92 Å². The van der Waals surface area contributed by atoms with E-state index in [0.29, 0.717) is 5.69 Å². The summed E-state index contributed by atoms with van der Waals surface area (Å²) in [6, 6.07) is 6.53. The highest BCUT2D eigenvalue weighted by Gasteiger charge is 2.30. The Labute approximate surface area is 112 Å². The molecule has 0 radical (unpaired) electrons. The van der Waals surface area contributed by atoms with Crippen molar-refractivity contribution in [1.82, 2.24) is 5.32 Å². The van der Waals surface area contributed by atoms with E-state index in [4.69, 9.17) is 4.74 Å². The first-order chi connectivity index (χ1) is 9.04. The van der Waals surface area contributed by atoms with Crippen LogP contribution in [0.4, 0.5) is 10.5 Å². The predicted octanol–water partition coefficient (Wildman–Crippen LogP) is 2.53. The Kier molecular flexibility index (Phi) is 4.04. The standard InChI is InChI=1S/C14H18N2O3/c1-9(2)19-12-7-5-11(6-8-12)15-14(18)16-13(17)10-3-4-10/h5-10H,3-4H2,1-2H3,(H2,15,16,17,18).